The molecule has 1 N–H and O–H groups in total. The molecule has 4 nitrogen and oxygen atoms in total. The molecular weight excluding hydrogens is 375 g/mol. The number of β-amino-alcohol motifs (C(OH)–C–C–N with tert-alkyl or cyclic N) is 1. The minimum atomic E-state index is -4.74. The topological polar surface area (TPSA) is 41.9 Å². The lowest BCUT2D eigenvalue weighted by molar-refractivity contribution is -0.274. The maximum Gasteiger partial charge on any atom is 0.573 e. The molecule has 1 aliphatic rings. The van der Waals surface area contributed by atoms with Gasteiger partial charge in [-0.05, 0) is 42.2 Å². The van der Waals surface area contributed by atoms with Gasteiger partial charge in [0.25, 0.3) is 0 Å². The monoisotopic (exact) mass is 405 g/mol. The maximum absolute atomic E-state index is 12.4. The Morgan fingerprint density at radius 3 is 2.52 bits per heavy atom. The van der Waals surface area contributed by atoms with Crippen molar-refractivity contribution in [2.75, 3.05) is 19.6 Å². The van der Waals surface area contributed by atoms with Crippen LogP contribution >= 0.6 is 0 Å². The number of hydrogen-bond acceptors (Lipinski definition) is 4. The molecule has 0 aromatic heterocycles. The van der Waals surface area contributed by atoms with Crippen molar-refractivity contribution in [2.24, 2.45) is 0 Å². The Labute approximate surface area is 160 Å². The summed E-state index contributed by atoms with van der Waals surface area (Å²) in [6.07, 6.45) is -4.59. The van der Waals surface area contributed by atoms with Gasteiger partial charge in [0.1, 0.15) is 5.75 Å². The SMILES string of the molecule is CC(C)(C)[Si](C)(C)O[C@H]1CCN(C[C@@H](O)c2cccc(OC(F)(F)F)c2)C1. The predicted molar refractivity (Wildman–Crippen MR) is 101 cm³/mol. The van der Waals surface area contributed by atoms with Crippen LogP contribution in [0.3, 0.4) is 0 Å². The van der Waals surface area contributed by atoms with E-state index < -0.39 is 20.8 Å². The third-order valence-electron chi connectivity index (χ3n) is 5.40. The minimum absolute atomic E-state index is 0.137. The van der Waals surface area contributed by atoms with Crippen molar-refractivity contribution in [2.45, 2.75) is 63.9 Å². The quantitative estimate of drug-likeness (QED) is 0.696. The molecule has 0 amide bonds. The van der Waals surface area contributed by atoms with E-state index >= 15 is 0 Å². The minimum Gasteiger partial charge on any atom is -0.413 e. The van der Waals surface area contributed by atoms with Crippen molar-refractivity contribution >= 4 is 8.32 Å². The highest BCUT2D eigenvalue weighted by atomic mass is 28.4. The number of aliphatic hydroxyl groups excluding tert-OH is 1. The summed E-state index contributed by atoms with van der Waals surface area (Å²) in [7, 11) is -1.85. The maximum atomic E-state index is 12.4. The van der Waals surface area contributed by atoms with Gasteiger partial charge in [-0.15, -0.1) is 13.2 Å². The number of alkyl halides is 3. The van der Waals surface area contributed by atoms with Crippen LogP contribution in [0.25, 0.3) is 0 Å². The van der Waals surface area contributed by atoms with E-state index in [1.807, 2.05) is 0 Å². The fourth-order valence-corrected chi connectivity index (χ4v) is 4.30. The Kier molecular flexibility index (Phi) is 6.66. The zero-order valence-corrected chi connectivity index (χ0v) is 17.6. The highest BCUT2D eigenvalue weighted by Gasteiger charge is 2.40. The molecule has 1 aromatic rings. The van der Waals surface area contributed by atoms with Crippen molar-refractivity contribution in [1.29, 1.82) is 0 Å². The zero-order valence-electron chi connectivity index (χ0n) is 16.6. The number of nitrogens with zero attached hydrogens (tertiary/aromatic N) is 1. The number of halogens is 3. The van der Waals surface area contributed by atoms with E-state index in [0.717, 1.165) is 19.5 Å². The van der Waals surface area contributed by atoms with Crippen LogP contribution in [0.5, 0.6) is 5.75 Å². The molecule has 0 aliphatic carbocycles. The molecule has 1 aromatic carbocycles. The van der Waals surface area contributed by atoms with E-state index in [1.54, 1.807) is 6.07 Å². The molecule has 0 spiro atoms. The number of benzene rings is 1. The first kappa shape index (κ1) is 22.2. The van der Waals surface area contributed by atoms with Gasteiger partial charge in [-0.25, -0.2) is 0 Å². The molecule has 154 valence electrons. The third kappa shape index (κ3) is 6.48. The zero-order chi connectivity index (χ0) is 20.5. The van der Waals surface area contributed by atoms with E-state index in [-0.39, 0.29) is 16.9 Å². The first-order chi connectivity index (χ1) is 12.3. The van der Waals surface area contributed by atoms with Gasteiger partial charge in [0.2, 0.25) is 0 Å². The summed E-state index contributed by atoms with van der Waals surface area (Å²) in [6, 6.07) is 5.51. The number of likely N-dealkylation sites (tertiary alicyclic amines) is 1. The van der Waals surface area contributed by atoms with Crippen molar-refractivity contribution in [3.8, 4) is 5.75 Å². The van der Waals surface area contributed by atoms with Gasteiger partial charge in [0.15, 0.2) is 8.32 Å². The number of rotatable bonds is 6. The second-order valence-corrected chi connectivity index (χ2v) is 13.4. The van der Waals surface area contributed by atoms with Crippen molar-refractivity contribution in [3.63, 3.8) is 0 Å². The molecule has 0 radical (unpaired) electrons. The fourth-order valence-electron chi connectivity index (χ4n) is 2.92. The van der Waals surface area contributed by atoms with Crippen LogP contribution in [0.2, 0.25) is 18.1 Å². The summed E-state index contributed by atoms with van der Waals surface area (Å²) < 4.78 is 47.4. The molecule has 1 heterocycles. The van der Waals surface area contributed by atoms with E-state index in [1.165, 1.54) is 18.2 Å². The van der Waals surface area contributed by atoms with Crippen LogP contribution in [-0.2, 0) is 4.43 Å². The van der Waals surface area contributed by atoms with Crippen molar-refractivity contribution in [1.82, 2.24) is 4.90 Å². The Bertz CT molecular complexity index is 631. The molecule has 0 unspecified atom stereocenters. The van der Waals surface area contributed by atoms with Crippen LogP contribution in [0, 0.1) is 0 Å². The lowest BCUT2D eigenvalue weighted by atomic mass is 10.1. The second-order valence-electron chi connectivity index (χ2n) is 8.68. The van der Waals surface area contributed by atoms with Gasteiger partial charge in [0, 0.05) is 19.6 Å². The summed E-state index contributed by atoms with van der Waals surface area (Å²) in [5.74, 6) is -0.320. The average molecular weight is 406 g/mol. The molecule has 27 heavy (non-hydrogen) atoms. The Balaban J connectivity index is 1.92. The lowest BCUT2D eigenvalue weighted by Crippen LogP contribution is -2.44. The van der Waals surface area contributed by atoms with Crippen LogP contribution in [0.1, 0.15) is 38.9 Å². The molecule has 0 bridgehead atoms. The van der Waals surface area contributed by atoms with E-state index in [0.29, 0.717) is 12.1 Å². The molecule has 0 saturated carbocycles. The Morgan fingerprint density at radius 2 is 1.93 bits per heavy atom. The summed E-state index contributed by atoms with van der Waals surface area (Å²) in [5.41, 5.74) is 0.408. The molecule has 2 atom stereocenters. The summed E-state index contributed by atoms with van der Waals surface area (Å²) in [5, 5.41) is 10.6. The summed E-state index contributed by atoms with van der Waals surface area (Å²) in [6.45, 7) is 12.9. The fraction of sp³-hybridized carbons (Fsp3) is 0.684. The lowest BCUT2D eigenvalue weighted by Gasteiger charge is -2.38. The number of hydrogen-bond donors (Lipinski definition) is 1. The Hall–Kier alpha value is -1.09. The van der Waals surface area contributed by atoms with Gasteiger partial charge in [-0.1, -0.05) is 32.9 Å². The van der Waals surface area contributed by atoms with Gasteiger partial charge in [-0.2, -0.15) is 0 Å². The summed E-state index contributed by atoms with van der Waals surface area (Å²) >= 11 is 0. The van der Waals surface area contributed by atoms with Gasteiger partial charge in [0.05, 0.1) is 12.2 Å². The highest BCUT2D eigenvalue weighted by molar-refractivity contribution is 6.74. The van der Waals surface area contributed by atoms with Crippen LogP contribution in [0.15, 0.2) is 24.3 Å². The van der Waals surface area contributed by atoms with Gasteiger partial charge >= 0.3 is 6.36 Å². The van der Waals surface area contributed by atoms with E-state index in [4.69, 9.17) is 4.43 Å². The number of aliphatic hydroxyl groups is 1. The van der Waals surface area contributed by atoms with Crippen molar-refractivity contribution in [3.05, 3.63) is 29.8 Å². The molecular formula is C19H30F3NO3Si. The summed E-state index contributed by atoms with van der Waals surface area (Å²) in [4.78, 5) is 2.10. The predicted octanol–water partition coefficient (Wildman–Crippen LogP) is 4.71. The highest BCUT2D eigenvalue weighted by Crippen LogP contribution is 2.38. The van der Waals surface area contributed by atoms with Crippen molar-refractivity contribution < 1.29 is 27.4 Å². The van der Waals surface area contributed by atoms with Crippen LogP contribution in [0.4, 0.5) is 13.2 Å². The van der Waals surface area contributed by atoms with Crippen LogP contribution in [-0.4, -0.2) is 50.4 Å². The standard InChI is InChI=1S/C19H30F3NO3Si/c1-18(2,3)27(4,5)26-16-9-10-23(12-16)13-17(24)14-7-6-8-15(11-14)25-19(20,21)22/h6-8,11,16-17,24H,9-10,12-13H2,1-5H3/t16-,17+/m0/s1. The smallest absolute Gasteiger partial charge is 0.413 e. The first-order valence-electron chi connectivity index (χ1n) is 9.21. The first-order valence-corrected chi connectivity index (χ1v) is 12.1. The molecule has 1 aliphatic heterocycles. The van der Waals surface area contributed by atoms with Gasteiger partial charge < -0.3 is 14.3 Å². The largest absolute Gasteiger partial charge is 0.573 e. The van der Waals surface area contributed by atoms with E-state index in [2.05, 4.69) is 43.5 Å². The molecule has 8 heteroatoms. The van der Waals surface area contributed by atoms with E-state index in [9.17, 15) is 18.3 Å². The third-order valence-corrected chi connectivity index (χ3v) is 9.94. The average Bonchev–Trinajstić information content (AvgIpc) is 2.90. The van der Waals surface area contributed by atoms with Gasteiger partial charge in [-0.3, -0.25) is 4.90 Å². The van der Waals surface area contributed by atoms with Crippen LogP contribution < -0.4 is 4.74 Å². The Morgan fingerprint density at radius 1 is 1.26 bits per heavy atom. The normalized spacial score (nSPS) is 20.7. The molecule has 1 fully saturated rings. The molecule has 1 saturated heterocycles. The molecule has 2 rings (SSSR count). The second kappa shape index (κ2) is 8.11. The number of ether oxygens (including phenoxy) is 1.